The number of amides is 4. The lowest BCUT2D eigenvalue weighted by Crippen LogP contribution is -2.42. The number of aryl methyl sites for hydroxylation is 1. The van der Waals surface area contributed by atoms with Crippen LogP contribution in [0.25, 0.3) is 0 Å². The number of rotatable bonds is 6. The Morgan fingerprint density at radius 3 is 2.42 bits per heavy atom. The molecule has 0 bridgehead atoms. The Hall–Kier alpha value is -4.16. The first-order valence-corrected chi connectivity index (χ1v) is 9.35. The van der Waals surface area contributed by atoms with Gasteiger partial charge in [0.25, 0.3) is 11.6 Å². The number of nitro groups is 1. The predicted octanol–water partition coefficient (Wildman–Crippen LogP) is 3.21. The molecule has 2 aromatic carbocycles. The maximum atomic E-state index is 12.9. The summed E-state index contributed by atoms with van der Waals surface area (Å²) in [4.78, 5) is 48.8. The molecule has 1 aliphatic heterocycles. The first-order valence-electron chi connectivity index (χ1n) is 9.35. The first kappa shape index (κ1) is 23.5. The van der Waals surface area contributed by atoms with E-state index in [0.717, 1.165) is 12.1 Å². The number of carbonyl (C=O) groups is 3. The maximum Gasteiger partial charge on any atom is 0.573 e. The van der Waals surface area contributed by atoms with E-state index in [4.69, 9.17) is 0 Å². The third-order valence-corrected chi connectivity index (χ3v) is 4.87. The van der Waals surface area contributed by atoms with Crippen LogP contribution in [0, 0.1) is 17.0 Å². The number of nitrogens with zero attached hydrogens (tertiary/aromatic N) is 2. The third kappa shape index (κ3) is 5.02. The summed E-state index contributed by atoms with van der Waals surface area (Å²) in [6.07, 6.45) is -4.89. The van der Waals surface area contributed by atoms with Gasteiger partial charge < -0.3 is 15.4 Å². The largest absolute Gasteiger partial charge is 0.573 e. The number of benzene rings is 2. The van der Waals surface area contributed by atoms with Gasteiger partial charge in [0.1, 0.15) is 23.5 Å². The zero-order chi connectivity index (χ0) is 24.6. The van der Waals surface area contributed by atoms with Crippen molar-refractivity contribution in [3.8, 4) is 5.75 Å². The number of halogens is 3. The van der Waals surface area contributed by atoms with Gasteiger partial charge in [-0.05, 0) is 43.2 Å². The molecule has 4 amide bonds. The molecule has 13 heteroatoms. The lowest BCUT2D eigenvalue weighted by atomic mass is 9.92. The summed E-state index contributed by atoms with van der Waals surface area (Å²) in [6.45, 7) is 2.23. The molecule has 33 heavy (non-hydrogen) atoms. The van der Waals surface area contributed by atoms with Gasteiger partial charge >= 0.3 is 12.4 Å². The van der Waals surface area contributed by atoms with Crippen LogP contribution in [0.2, 0.25) is 0 Å². The van der Waals surface area contributed by atoms with Gasteiger partial charge in [-0.3, -0.25) is 24.6 Å². The number of anilines is 1. The Labute approximate surface area is 184 Å². The van der Waals surface area contributed by atoms with Crippen LogP contribution < -0.4 is 15.4 Å². The Balaban J connectivity index is 1.75. The Bertz CT molecular complexity index is 1140. The number of urea groups is 1. The summed E-state index contributed by atoms with van der Waals surface area (Å²) in [5, 5.41) is 15.9. The van der Waals surface area contributed by atoms with Gasteiger partial charge in [0.2, 0.25) is 5.91 Å². The fourth-order valence-corrected chi connectivity index (χ4v) is 3.26. The molecule has 10 nitrogen and oxygen atoms in total. The van der Waals surface area contributed by atoms with E-state index in [0.29, 0.717) is 10.5 Å². The van der Waals surface area contributed by atoms with Gasteiger partial charge in [-0.1, -0.05) is 18.2 Å². The van der Waals surface area contributed by atoms with Gasteiger partial charge in [-0.15, -0.1) is 13.2 Å². The van der Waals surface area contributed by atoms with E-state index >= 15 is 0 Å². The molecule has 1 saturated heterocycles. The van der Waals surface area contributed by atoms with Gasteiger partial charge in [-0.25, -0.2) is 4.79 Å². The molecule has 2 aromatic rings. The molecule has 1 unspecified atom stereocenters. The average molecular weight is 466 g/mol. The predicted molar refractivity (Wildman–Crippen MR) is 107 cm³/mol. The van der Waals surface area contributed by atoms with Crippen LogP contribution in [0.1, 0.15) is 18.1 Å². The van der Waals surface area contributed by atoms with Crippen molar-refractivity contribution < 1.29 is 37.2 Å². The molecule has 0 spiro atoms. The molecular formula is C20H17F3N4O6. The number of nitro benzene ring substituents is 1. The third-order valence-electron chi connectivity index (χ3n) is 4.87. The Kier molecular flexibility index (Phi) is 5.99. The Morgan fingerprint density at radius 1 is 1.21 bits per heavy atom. The van der Waals surface area contributed by atoms with Crippen molar-refractivity contribution in [3.05, 3.63) is 63.7 Å². The van der Waals surface area contributed by atoms with E-state index in [1.54, 1.807) is 13.0 Å². The van der Waals surface area contributed by atoms with E-state index in [1.165, 1.54) is 31.2 Å². The number of hydrogen-bond donors (Lipinski definition) is 2. The molecule has 3 rings (SSSR count). The van der Waals surface area contributed by atoms with Gasteiger partial charge in [0.05, 0.1) is 4.92 Å². The van der Waals surface area contributed by atoms with E-state index in [2.05, 4.69) is 15.4 Å². The summed E-state index contributed by atoms with van der Waals surface area (Å²) < 4.78 is 40.8. The fourth-order valence-electron chi connectivity index (χ4n) is 3.26. The van der Waals surface area contributed by atoms with Crippen molar-refractivity contribution in [2.45, 2.75) is 25.7 Å². The highest BCUT2D eigenvalue weighted by Gasteiger charge is 2.49. The second-order valence-corrected chi connectivity index (χ2v) is 7.34. The highest BCUT2D eigenvalue weighted by Crippen LogP contribution is 2.31. The summed E-state index contributed by atoms with van der Waals surface area (Å²) in [5.74, 6) is -2.20. The SMILES string of the molecule is Cc1ccc(NC(=O)CN2C(=O)NC(C)(c3ccc(OC(F)(F)F)cc3)C2=O)c([N+](=O)[O-])c1. The average Bonchev–Trinajstić information content (AvgIpc) is 2.92. The standard InChI is InChI=1S/C20H17F3N4O6/c1-11-3-8-14(15(9-11)27(31)32)24-16(28)10-26-17(29)19(2,25-18(26)30)12-4-6-13(7-5-12)33-20(21,22)23/h3-9H,10H2,1-2H3,(H,24,28)(H,25,30). The van der Waals surface area contributed by atoms with Gasteiger partial charge in [0, 0.05) is 6.07 Å². The van der Waals surface area contributed by atoms with Crippen molar-refractivity contribution in [3.63, 3.8) is 0 Å². The quantitative estimate of drug-likeness (QED) is 0.382. The molecule has 1 fully saturated rings. The summed E-state index contributed by atoms with van der Waals surface area (Å²) in [5.41, 5.74) is -1.36. The zero-order valence-electron chi connectivity index (χ0n) is 17.2. The Morgan fingerprint density at radius 2 is 1.85 bits per heavy atom. The molecule has 0 saturated carbocycles. The molecule has 1 heterocycles. The summed E-state index contributed by atoms with van der Waals surface area (Å²) in [6, 6.07) is 7.54. The molecular weight excluding hydrogens is 449 g/mol. The van der Waals surface area contributed by atoms with Crippen molar-refractivity contribution in [2.24, 2.45) is 0 Å². The van der Waals surface area contributed by atoms with Gasteiger partial charge in [-0.2, -0.15) is 0 Å². The second-order valence-electron chi connectivity index (χ2n) is 7.34. The van der Waals surface area contributed by atoms with Crippen LogP contribution in [0.15, 0.2) is 42.5 Å². The number of carbonyl (C=O) groups excluding carboxylic acids is 3. The fraction of sp³-hybridized carbons (Fsp3) is 0.250. The van der Waals surface area contributed by atoms with E-state index in [1.807, 2.05) is 0 Å². The minimum Gasteiger partial charge on any atom is -0.406 e. The van der Waals surface area contributed by atoms with Crippen LogP contribution in [0.3, 0.4) is 0 Å². The molecule has 0 aliphatic carbocycles. The number of nitrogens with one attached hydrogen (secondary N) is 2. The van der Waals surface area contributed by atoms with Crippen LogP contribution in [0.4, 0.5) is 29.3 Å². The van der Waals surface area contributed by atoms with Crippen LogP contribution in [-0.2, 0) is 15.1 Å². The van der Waals surface area contributed by atoms with E-state index in [9.17, 15) is 37.7 Å². The first-order chi connectivity index (χ1) is 15.3. The highest BCUT2D eigenvalue weighted by molar-refractivity contribution is 6.10. The second kappa shape index (κ2) is 8.41. The minimum atomic E-state index is -4.89. The number of hydrogen-bond acceptors (Lipinski definition) is 6. The minimum absolute atomic E-state index is 0.106. The van der Waals surface area contributed by atoms with Crippen molar-refractivity contribution in [2.75, 3.05) is 11.9 Å². The number of alkyl halides is 3. The molecule has 1 atom stereocenters. The molecule has 174 valence electrons. The smallest absolute Gasteiger partial charge is 0.406 e. The van der Waals surface area contributed by atoms with Crippen molar-refractivity contribution in [1.29, 1.82) is 0 Å². The zero-order valence-corrected chi connectivity index (χ0v) is 17.2. The lowest BCUT2D eigenvalue weighted by molar-refractivity contribution is -0.384. The monoisotopic (exact) mass is 466 g/mol. The molecule has 1 aliphatic rings. The van der Waals surface area contributed by atoms with Crippen molar-refractivity contribution in [1.82, 2.24) is 10.2 Å². The van der Waals surface area contributed by atoms with Crippen molar-refractivity contribution >= 4 is 29.2 Å². The highest BCUT2D eigenvalue weighted by atomic mass is 19.4. The lowest BCUT2D eigenvalue weighted by Gasteiger charge is -2.22. The maximum absolute atomic E-state index is 12.9. The summed E-state index contributed by atoms with van der Waals surface area (Å²) >= 11 is 0. The van der Waals surface area contributed by atoms with Crippen LogP contribution >= 0.6 is 0 Å². The number of imide groups is 1. The van der Waals surface area contributed by atoms with Crippen LogP contribution in [-0.4, -0.2) is 40.6 Å². The van der Waals surface area contributed by atoms with Crippen LogP contribution in [0.5, 0.6) is 5.75 Å². The molecule has 0 aromatic heterocycles. The normalized spacial score (nSPS) is 18.2. The molecule has 0 radical (unpaired) electrons. The number of ether oxygens (including phenoxy) is 1. The van der Waals surface area contributed by atoms with Gasteiger partial charge in [0.15, 0.2) is 0 Å². The van der Waals surface area contributed by atoms with E-state index in [-0.39, 0.29) is 16.9 Å². The summed E-state index contributed by atoms with van der Waals surface area (Å²) in [7, 11) is 0. The topological polar surface area (TPSA) is 131 Å². The van der Waals surface area contributed by atoms with E-state index < -0.39 is 47.0 Å². The molecule has 2 N–H and O–H groups in total.